The summed E-state index contributed by atoms with van der Waals surface area (Å²) in [6.45, 7) is 1.94. The lowest BCUT2D eigenvalue weighted by Crippen LogP contribution is -2.41. The predicted molar refractivity (Wildman–Crippen MR) is 104 cm³/mol. The molecule has 0 fully saturated rings. The molecule has 0 aliphatic rings. The van der Waals surface area contributed by atoms with Gasteiger partial charge in [0.1, 0.15) is 6.61 Å². The van der Waals surface area contributed by atoms with E-state index in [0.29, 0.717) is 13.2 Å². The van der Waals surface area contributed by atoms with E-state index in [1.165, 1.54) is 6.07 Å². The highest BCUT2D eigenvalue weighted by atomic mass is 127. The molecule has 0 saturated heterocycles. The second-order valence-corrected chi connectivity index (χ2v) is 5.51. The molecule has 0 radical (unpaired) electrons. The van der Waals surface area contributed by atoms with Gasteiger partial charge in [0, 0.05) is 20.6 Å². The molecule has 1 aromatic carbocycles. The summed E-state index contributed by atoms with van der Waals surface area (Å²) in [5.74, 6) is 1.91. The van der Waals surface area contributed by atoms with Gasteiger partial charge in [-0.2, -0.15) is 11.8 Å². The molecule has 1 aromatic rings. The van der Waals surface area contributed by atoms with Crippen LogP contribution in [-0.2, 0) is 0 Å². The lowest BCUT2D eigenvalue weighted by atomic mass is 10.3. The summed E-state index contributed by atoms with van der Waals surface area (Å²) in [5, 5.41) is 3.30. The maximum Gasteiger partial charge on any atom is 0.193 e. The quantitative estimate of drug-likeness (QED) is 0.291. The normalized spacial score (nSPS) is 10.8. The van der Waals surface area contributed by atoms with E-state index in [4.69, 9.17) is 4.74 Å². The van der Waals surface area contributed by atoms with E-state index in [2.05, 4.69) is 16.6 Å². The van der Waals surface area contributed by atoms with Crippen molar-refractivity contribution >= 4 is 41.7 Å². The van der Waals surface area contributed by atoms with Crippen LogP contribution in [0.5, 0.6) is 5.75 Å². The first-order valence-electron chi connectivity index (χ1n) is 6.97. The fraction of sp³-hybridized carbons (Fsp3) is 0.533. The number of benzene rings is 1. The maximum atomic E-state index is 13.4. The fourth-order valence-electron chi connectivity index (χ4n) is 1.76. The van der Waals surface area contributed by atoms with Crippen LogP contribution in [0.2, 0.25) is 0 Å². The smallest absolute Gasteiger partial charge is 0.193 e. The molecule has 1 N–H and O–H groups in total. The zero-order chi connectivity index (χ0) is 15.5. The number of likely N-dealkylation sites (N-methyl/N-ethyl adjacent to an activating group) is 1. The highest BCUT2D eigenvalue weighted by Gasteiger charge is 2.06. The Bertz CT molecular complexity index is 449. The zero-order valence-corrected chi connectivity index (χ0v) is 16.5. The van der Waals surface area contributed by atoms with Crippen LogP contribution in [0.15, 0.2) is 29.3 Å². The highest BCUT2D eigenvalue weighted by Crippen LogP contribution is 2.14. The molecule has 22 heavy (non-hydrogen) atoms. The van der Waals surface area contributed by atoms with Gasteiger partial charge in [0.15, 0.2) is 17.5 Å². The Kier molecular flexibility index (Phi) is 12.4. The Morgan fingerprint density at radius 2 is 2.14 bits per heavy atom. The lowest BCUT2D eigenvalue weighted by Gasteiger charge is -2.22. The van der Waals surface area contributed by atoms with Crippen molar-refractivity contribution in [1.82, 2.24) is 10.2 Å². The molecule has 0 heterocycles. The van der Waals surface area contributed by atoms with E-state index >= 15 is 0 Å². The molecule has 0 saturated carbocycles. The van der Waals surface area contributed by atoms with Gasteiger partial charge in [-0.25, -0.2) is 4.39 Å². The Hall–Kier alpha value is -0.700. The van der Waals surface area contributed by atoms with Crippen molar-refractivity contribution in [3.63, 3.8) is 0 Å². The van der Waals surface area contributed by atoms with Crippen LogP contribution in [0.3, 0.4) is 0 Å². The monoisotopic (exact) mass is 441 g/mol. The van der Waals surface area contributed by atoms with Crippen LogP contribution in [0.4, 0.5) is 4.39 Å². The third-order valence-corrected chi connectivity index (χ3v) is 3.60. The van der Waals surface area contributed by atoms with Crippen molar-refractivity contribution in [2.75, 3.05) is 45.8 Å². The number of aliphatic imine (C=N–C) groups is 1. The predicted octanol–water partition coefficient (Wildman–Crippen LogP) is 3.08. The summed E-state index contributed by atoms with van der Waals surface area (Å²) < 4.78 is 18.8. The van der Waals surface area contributed by atoms with Gasteiger partial charge in [0.2, 0.25) is 0 Å². The van der Waals surface area contributed by atoms with Gasteiger partial charge in [-0.05, 0) is 30.6 Å². The number of halogens is 2. The summed E-state index contributed by atoms with van der Waals surface area (Å²) in [6.07, 6.45) is 3.20. The van der Waals surface area contributed by atoms with Crippen molar-refractivity contribution in [2.45, 2.75) is 6.42 Å². The van der Waals surface area contributed by atoms with Gasteiger partial charge >= 0.3 is 0 Å². The van der Waals surface area contributed by atoms with Gasteiger partial charge < -0.3 is 15.0 Å². The number of nitrogens with one attached hydrogen (secondary N) is 1. The minimum atomic E-state index is -0.334. The highest BCUT2D eigenvalue weighted by molar-refractivity contribution is 14.0. The van der Waals surface area contributed by atoms with Gasteiger partial charge in [0.05, 0.1) is 6.54 Å². The van der Waals surface area contributed by atoms with Crippen LogP contribution in [-0.4, -0.2) is 56.7 Å². The SMILES string of the molecule is CN=C(NCCCSC)N(C)CCOc1ccccc1F.I. The molecule has 7 heteroatoms. The number of para-hydroxylation sites is 1. The Labute approximate surface area is 153 Å². The minimum absolute atomic E-state index is 0. The third-order valence-electron chi connectivity index (χ3n) is 2.90. The maximum absolute atomic E-state index is 13.4. The van der Waals surface area contributed by atoms with Gasteiger partial charge in [-0.15, -0.1) is 24.0 Å². The second-order valence-electron chi connectivity index (χ2n) is 4.52. The average molecular weight is 441 g/mol. The van der Waals surface area contributed by atoms with Gasteiger partial charge in [0.25, 0.3) is 0 Å². The average Bonchev–Trinajstić information content (AvgIpc) is 2.49. The number of hydrogen-bond donors (Lipinski definition) is 1. The molecular formula is C15H25FIN3OS. The van der Waals surface area contributed by atoms with E-state index in [9.17, 15) is 4.39 Å². The molecule has 0 amide bonds. The van der Waals surface area contributed by atoms with Crippen molar-refractivity contribution < 1.29 is 9.13 Å². The fourth-order valence-corrected chi connectivity index (χ4v) is 2.19. The summed E-state index contributed by atoms with van der Waals surface area (Å²) in [7, 11) is 3.69. The van der Waals surface area contributed by atoms with Crippen LogP contribution in [0, 0.1) is 5.82 Å². The summed E-state index contributed by atoms with van der Waals surface area (Å²) in [4.78, 5) is 6.20. The Morgan fingerprint density at radius 3 is 2.77 bits per heavy atom. The molecule has 0 spiro atoms. The van der Waals surface area contributed by atoms with Gasteiger partial charge in [-0.3, -0.25) is 4.99 Å². The molecule has 1 rings (SSSR count). The van der Waals surface area contributed by atoms with Crippen LogP contribution < -0.4 is 10.1 Å². The van der Waals surface area contributed by atoms with E-state index in [0.717, 1.165) is 24.7 Å². The first kappa shape index (κ1) is 21.3. The Balaban J connectivity index is 0.00000441. The van der Waals surface area contributed by atoms with Crippen molar-refractivity contribution in [1.29, 1.82) is 0 Å². The number of ether oxygens (including phenoxy) is 1. The molecule has 0 aliphatic carbocycles. The summed E-state index contributed by atoms with van der Waals surface area (Å²) >= 11 is 1.83. The summed E-state index contributed by atoms with van der Waals surface area (Å²) in [6, 6.07) is 6.43. The lowest BCUT2D eigenvalue weighted by molar-refractivity contribution is 0.270. The molecular weight excluding hydrogens is 416 g/mol. The molecule has 0 aromatic heterocycles. The molecule has 126 valence electrons. The van der Waals surface area contributed by atoms with E-state index in [-0.39, 0.29) is 35.5 Å². The molecule has 0 atom stereocenters. The first-order valence-corrected chi connectivity index (χ1v) is 8.36. The third kappa shape index (κ3) is 8.07. The zero-order valence-electron chi connectivity index (χ0n) is 13.3. The van der Waals surface area contributed by atoms with Crippen LogP contribution in [0.1, 0.15) is 6.42 Å². The van der Waals surface area contributed by atoms with Crippen LogP contribution >= 0.6 is 35.7 Å². The van der Waals surface area contributed by atoms with Crippen molar-refractivity contribution in [2.24, 2.45) is 4.99 Å². The Morgan fingerprint density at radius 1 is 1.41 bits per heavy atom. The molecule has 0 unspecified atom stereocenters. The molecule has 4 nitrogen and oxygen atoms in total. The van der Waals surface area contributed by atoms with Gasteiger partial charge in [-0.1, -0.05) is 12.1 Å². The number of guanidine groups is 1. The molecule has 0 bridgehead atoms. The summed E-state index contributed by atoms with van der Waals surface area (Å²) in [5.41, 5.74) is 0. The van der Waals surface area contributed by atoms with E-state index < -0.39 is 0 Å². The number of thioether (sulfide) groups is 1. The topological polar surface area (TPSA) is 36.9 Å². The molecule has 0 aliphatic heterocycles. The number of rotatable bonds is 8. The number of nitrogens with zero attached hydrogens (tertiary/aromatic N) is 2. The largest absolute Gasteiger partial charge is 0.489 e. The number of hydrogen-bond acceptors (Lipinski definition) is 3. The minimum Gasteiger partial charge on any atom is -0.489 e. The standard InChI is InChI=1S/C15H24FN3OS.HI/c1-17-15(18-9-6-12-21-3)19(2)10-11-20-14-8-5-4-7-13(14)16;/h4-5,7-8H,6,9-12H2,1-3H3,(H,17,18);1H. The van der Waals surface area contributed by atoms with Crippen molar-refractivity contribution in [3.8, 4) is 5.75 Å². The van der Waals surface area contributed by atoms with E-state index in [1.807, 2.05) is 23.7 Å². The van der Waals surface area contributed by atoms with Crippen LogP contribution in [0.25, 0.3) is 0 Å². The first-order chi connectivity index (χ1) is 10.2. The second kappa shape index (κ2) is 12.8. The van der Waals surface area contributed by atoms with Crippen molar-refractivity contribution in [3.05, 3.63) is 30.1 Å². The van der Waals surface area contributed by atoms with E-state index in [1.54, 1.807) is 25.2 Å².